The van der Waals surface area contributed by atoms with Crippen molar-refractivity contribution in [3.8, 4) is 17.2 Å². The SMILES string of the molecule is CN(CCO)c1ncc(-c2ccc(C#N)cc2)c2c(C(=O)O)cccc12. The van der Waals surface area contributed by atoms with Crippen LogP contribution in [0.25, 0.3) is 21.9 Å². The summed E-state index contributed by atoms with van der Waals surface area (Å²) in [6.07, 6.45) is 1.64. The lowest BCUT2D eigenvalue weighted by Crippen LogP contribution is -2.22. The first-order chi connectivity index (χ1) is 12.6. The van der Waals surface area contributed by atoms with Crippen molar-refractivity contribution < 1.29 is 15.0 Å². The number of likely N-dealkylation sites (N-methyl/N-ethyl adjacent to an activating group) is 1. The zero-order valence-electron chi connectivity index (χ0n) is 14.2. The Labute approximate surface area is 150 Å². The zero-order chi connectivity index (χ0) is 18.7. The standard InChI is InChI=1S/C20H17N3O3/c1-23(9-10-24)19-15-3-2-4-16(20(25)26)18(15)17(12-22-19)14-7-5-13(11-21)6-8-14/h2-8,12,24H,9-10H2,1H3,(H,25,26). The summed E-state index contributed by atoms with van der Waals surface area (Å²) in [6, 6.07) is 14.1. The molecular weight excluding hydrogens is 330 g/mol. The first kappa shape index (κ1) is 17.4. The first-order valence-electron chi connectivity index (χ1n) is 8.04. The molecular formula is C20H17N3O3. The Kier molecular flexibility index (Phi) is 4.83. The van der Waals surface area contributed by atoms with Crippen molar-refractivity contribution in [2.45, 2.75) is 0 Å². The molecule has 0 amide bonds. The van der Waals surface area contributed by atoms with Crippen LogP contribution in [-0.4, -0.2) is 41.4 Å². The molecule has 0 atom stereocenters. The molecule has 0 saturated heterocycles. The number of anilines is 1. The molecule has 2 N–H and O–H groups in total. The van der Waals surface area contributed by atoms with Gasteiger partial charge < -0.3 is 15.1 Å². The van der Waals surface area contributed by atoms with Gasteiger partial charge in [0.2, 0.25) is 0 Å². The average Bonchev–Trinajstić information content (AvgIpc) is 2.66. The fraction of sp³-hybridized carbons (Fsp3) is 0.150. The normalized spacial score (nSPS) is 10.5. The molecule has 26 heavy (non-hydrogen) atoms. The Morgan fingerprint density at radius 1 is 1.23 bits per heavy atom. The van der Waals surface area contributed by atoms with E-state index in [0.717, 1.165) is 5.56 Å². The molecule has 0 bridgehead atoms. The lowest BCUT2D eigenvalue weighted by molar-refractivity contribution is 0.0699. The number of hydrogen-bond donors (Lipinski definition) is 2. The number of carboxylic acid groups (broad SMARTS) is 1. The number of carbonyl (C=O) groups is 1. The molecule has 130 valence electrons. The monoisotopic (exact) mass is 347 g/mol. The summed E-state index contributed by atoms with van der Waals surface area (Å²) in [5, 5.41) is 29.1. The van der Waals surface area contributed by atoms with Crippen LogP contribution in [0.15, 0.2) is 48.7 Å². The minimum Gasteiger partial charge on any atom is -0.478 e. The van der Waals surface area contributed by atoms with E-state index in [1.54, 1.807) is 54.5 Å². The predicted molar refractivity (Wildman–Crippen MR) is 99.2 cm³/mol. The van der Waals surface area contributed by atoms with Crippen molar-refractivity contribution in [2.24, 2.45) is 0 Å². The minimum absolute atomic E-state index is 0.0321. The van der Waals surface area contributed by atoms with Gasteiger partial charge in [0.1, 0.15) is 5.82 Å². The number of aromatic carboxylic acids is 1. The largest absolute Gasteiger partial charge is 0.478 e. The lowest BCUT2D eigenvalue weighted by atomic mass is 9.95. The highest BCUT2D eigenvalue weighted by Gasteiger charge is 2.18. The van der Waals surface area contributed by atoms with Crippen LogP contribution < -0.4 is 4.90 Å². The quantitative estimate of drug-likeness (QED) is 0.736. The van der Waals surface area contributed by atoms with E-state index in [1.807, 2.05) is 6.07 Å². The maximum atomic E-state index is 11.8. The van der Waals surface area contributed by atoms with Crippen LogP contribution in [0.1, 0.15) is 15.9 Å². The Morgan fingerprint density at radius 3 is 2.58 bits per heavy atom. The highest BCUT2D eigenvalue weighted by molar-refractivity contribution is 6.12. The molecule has 0 aliphatic carbocycles. The number of carboxylic acids is 1. The van der Waals surface area contributed by atoms with Gasteiger partial charge in [-0.05, 0) is 23.8 Å². The summed E-state index contributed by atoms with van der Waals surface area (Å²) < 4.78 is 0. The highest BCUT2D eigenvalue weighted by atomic mass is 16.4. The number of nitriles is 1. The van der Waals surface area contributed by atoms with Gasteiger partial charge in [-0.15, -0.1) is 0 Å². The summed E-state index contributed by atoms with van der Waals surface area (Å²) in [5.41, 5.74) is 2.18. The zero-order valence-corrected chi connectivity index (χ0v) is 14.2. The van der Waals surface area contributed by atoms with Crippen molar-refractivity contribution >= 4 is 22.6 Å². The second kappa shape index (κ2) is 7.21. The molecule has 6 heteroatoms. The number of aliphatic hydroxyl groups excluding tert-OH is 1. The molecule has 0 fully saturated rings. The fourth-order valence-electron chi connectivity index (χ4n) is 2.97. The van der Waals surface area contributed by atoms with Crippen LogP contribution in [0.5, 0.6) is 0 Å². The van der Waals surface area contributed by atoms with Gasteiger partial charge in [0.25, 0.3) is 0 Å². The topological polar surface area (TPSA) is 97.5 Å². The Hall–Kier alpha value is -3.43. The third-order valence-corrected chi connectivity index (χ3v) is 4.24. The number of rotatable bonds is 5. The van der Waals surface area contributed by atoms with Crippen LogP contribution in [0, 0.1) is 11.3 Å². The van der Waals surface area contributed by atoms with Crippen molar-refractivity contribution in [1.82, 2.24) is 4.98 Å². The van der Waals surface area contributed by atoms with Gasteiger partial charge in [-0.2, -0.15) is 5.26 Å². The molecule has 0 aliphatic heterocycles. The number of fused-ring (bicyclic) bond motifs is 1. The lowest BCUT2D eigenvalue weighted by Gasteiger charge is -2.20. The van der Waals surface area contributed by atoms with Crippen LogP contribution in [0.3, 0.4) is 0 Å². The van der Waals surface area contributed by atoms with E-state index in [0.29, 0.717) is 34.3 Å². The molecule has 1 heterocycles. The van der Waals surface area contributed by atoms with Crippen molar-refractivity contribution in [2.75, 3.05) is 25.1 Å². The highest BCUT2D eigenvalue weighted by Crippen LogP contribution is 2.35. The van der Waals surface area contributed by atoms with E-state index >= 15 is 0 Å². The summed E-state index contributed by atoms with van der Waals surface area (Å²) in [5.74, 6) is -0.415. The van der Waals surface area contributed by atoms with Crippen LogP contribution in [0.4, 0.5) is 5.82 Å². The number of hydrogen-bond acceptors (Lipinski definition) is 5. The third-order valence-electron chi connectivity index (χ3n) is 4.24. The molecule has 1 aromatic heterocycles. The number of aliphatic hydroxyl groups is 1. The van der Waals surface area contributed by atoms with Gasteiger partial charge in [0.15, 0.2) is 0 Å². The van der Waals surface area contributed by atoms with E-state index in [9.17, 15) is 15.0 Å². The van der Waals surface area contributed by atoms with E-state index < -0.39 is 5.97 Å². The summed E-state index contributed by atoms with van der Waals surface area (Å²) in [6.45, 7) is 0.352. The van der Waals surface area contributed by atoms with Crippen molar-refractivity contribution in [3.05, 3.63) is 59.8 Å². The van der Waals surface area contributed by atoms with E-state index in [-0.39, 0.29) is 12.2 Å². The Morgan fingerprint density at radius 2 is 1.96 bits per heavy atom. The smallest absolute Gasteiger partial charge is 0.336 e. The average molecular weight is 347 g/mol. The van der Waals surface area contributed by atoms with Crippen LogP contribution >= 0.6 is 0 Å². The van der Waals surface area contributed by atoms with Crippen LogP contribution in [0.2, 0.25) is 0 Å². The molecule has 0 aliphatic rings. The number of aromatic nitrogens is 1. The number of benzene rings is 2. The molecule has 0 unspecified atom stereocenters. The Bertz CT molecular complexity index is 1010. The van der Waals surface area contributed by atoms with Gasteiger partial charge in [-0.3, -0.25) is 0 Å². The van der Waals surface area contributed by atoms with E-state index in [2.05, 4.69) is 11.1 Å². The van der Waals surface area contributed by atoms with E-state index in [1.165, 1.54) is 0 Å². The summed E-state index contributed by atoms with van der Waals surface area (Å²) >= 11 is 0. The predicted octanol–water partition coefficient (Wildman–Crippen LogP) is 2.90. The molecule has 0 spiro atoms. The minimum atomic E-state index is -1.02. The molecule has 2 aromatic carbocycles. The maximum absolute atomic E-state index is 11.8. The molecule has 6 nitrogen and oxygen atoms in total. The first-order valence-corrected chi connectivity index (χ1v) is 8.04. The van der Waals surface area contributed by atoms with Crippen LogP contribution in [-0.2, 0) is 0 Å². The summed E-state index contributed by atoms with van der Waals surface area (Å²) in [7, 11) is 1.80. The van der Waals surface area contributed by atoms with Gasteiger partial charge in [-0.1, -0.05) is 24.3 Å². The molecule has 3 rings (SSSR count). The van der Waals surface area contributed by atoms with Gasteiger partial charge in [0.05, 0.1) is 23.8 Å². The fourth-order valence-corrected chi connectivity index (χ4v) is 2.97. The van der Waals surface area contributed by atoms with Crippen molar-refractivity contribution in [1.29, 1.82) is 5.26 Å². The molecule has 0 saturated carbocycles. The number of pyridine rings is 1. The second-order valence-corrected chi connectivity index (χ2v) is 5.86. The Balaban J connectivity index is 2.31. The summed E-state index contributed by atoms with van der Waals surface area (Å²) in [4.78, 5) is 18.1. The van der Waals surface area contributed by atoms with Crippen molar-refractivity contribution in [3.63, 3.8) is 0 Å². The molecule has 3 aromatic rings. The van der Waals surface area contributed by atoms with E-state index in [4.69, 9.17) is 5.26 Å². The number of nitrogens with zero attached hydrogens (tertiary/aromatic N) is 3. The maximum Gasteiger partial charge on any atom is 0.336 e. The molecule has 0 radical (unpaired) electrons. The van der Waals surface area contributed by atoms with Gasteiger partial charge in [-0.25, -0.2) is 9.78 Å². The van der Waals surface area contributed by atoms with Gasteiger partial charge >= 0.3 is 5.97 Å². The third kappa shape index (κ3) is 3.08. The van der Waals surface area contributed by atoms with Gasteiger partial charge in [0, 0.05) is 36.1 Å². The second-order valence-electron chi connectivity index (χ2n) is 5.86.